The summed E-state index contributed by atoms with van der Waals surface area (Å²) in [4.78, 5) is 0. The van der Waals surface area contributed by atoms with Crippen LogP contribution in [0.1, 0.15) is 22.3 Å². The highest BCUT2D eigenvalue weighted by Gasteiger charge is 2.17. The molecule has 0 aliphatic rings. The summed E-state index contributed by atoms with van der Waals surface area (Å²) < 4.78 is 0. The summed E-state index contributed by atoms with van der Waals surface area (Å²) in [6.07, 6.45) is 0. The van der Waals surface area contributed by atoms with Gasteiger partial charge in [-0.05, 0) is 186 Å². The van der Waals surface area contributed by atoms with E-state index < -0.39 is 0 Å². The zero-order valence-corrected chi connectivity index (χ0v) is 29.0. The zero-order valence-electron chi connectivity index (χ0n) is 29.0. The maximum absolute atomic E-state index is 2.43. The molecule has 0 unspecified atom stereocenters. The number of fused-ring (bicyclic) bond motifs is 4. The molecule has 9 rings (SSSR count). The van der Waals surface area contributed by atoms with Gasteiger partial charge >= 0.3 is 0 Å². The second kappa shape index (κ2) is 11.9. The van der Waals surface area contributed by atoms with Crippen molar-refractivity contribution in [3.63, 3.8) is 0 Å². The average Bonchev–Trinajstić information content (AvgIpc) is 3.12. The van der Waals surface area contributed by atoms with Crippen molar-refractivity contribution in [2.24, 2.45) is 0 Å². The largest absolute Gasteiger partial charge is 0.0620 e. The summed E-state index contributed by atoms with van der Waals surface area (Å²) >= 11 is 0. The highest BCUT2D eigenvalue weighted by Crippen LogP contribution is 2.43. The van der Waals surface area contributed by atoms with E-state index in [0.29, 0.717) is 0 Å². The number of benzene rings is 9. The number of rotatable bonds is 4. The summed E-state index contributed by atoms with van der Waals surface area (Å²) in [6.45, 7) is 8.87. The molecule has 0 aliphatic heterocycles. The maximum Gasteiger partial charge on any atom is -0.00238 e. The minimum atomic E-state index is 1.26. The molecule has 0 aromatic heterocycles. The third-order valence-electron chi connectivity index (χ3n) is 10.7. The van der Waals surface area contributed by atoms with Crippen LogP contribution in [0.2, 0.25) is 0 Å². The molecular weight excluding hydrogens is 601 g/mol. The van der Waals surface area contributed by atoms with Gasteiger partial charge in [0.05, 0.1) is 0 Å². The van der Waals surface area contributed by atoms with Crippen LogP contribution in [0, 0.1) is 27.7 Å². The highest BCUT2D eigenvalue weighted by molar-refractivity contribution is 6.13. The lowest BCUT2D eigenvalue weighted by Crippen LogP contribution is -1.93. The van der Waals surface area contributed by atoms with Crippen molar-refractivity contribution in [2.75, 3.05) is 0 Å². The van der Waals surface area contributed by atoms with Crippen LogP contribution in [0.4, 0.5) is 0 Å². The zero-order chi connectivity index (χ0) is 33.9. The van der Waals surface area contributed by atoms with E-state index in [2.05, 4.69) is 185 Å². The molecule has 0 nitrogen and oxygen atoms in total. The first-order valence-corrected chi connectivity index (χ1v) is 17.6. The van der Waals surface area contributed by atoms with Crippen LogP contribution < -0.4 is 0 Å². The Bertz CT molecular complexity index is 2740. The first kappa shape index (κ1) is 30.1. The van der Waals surface area contributed by atoms with E-state index in [-0.39, 0.29) is 0 Å². The van der Waals surface area contributed by atoms with Crippen LogP contribution in [0.5, 0.6) is 0 Å². The van der Waals surface area contributed by atoms with Gasteiger partial charge in [0, 0.05) is 0 Å². The normalized spacial score (nSPS) is 11.6. The molecule has 0 bridgehead atoms. The lowest BCUT2D eigenvalue weighted by Gasteiger charge is -2.18. The molecule has 9 aromatic carbocycles. The third kappa shape index (κ3) is 4.99. The van der Waals surface area contributed by atoms with Gasteiger partial charge in [-0.3, -0.25) is 0 Å². The summed E-state index contributed by atoms with van der Waals surface area (Å²) in [7, 11) is 0. The predicted molar refractivity (Wildman–Crippen MR) is 217 cm³/mol. The fourth-order valence-electron chi connectivity index (χ4n) is 8.07. The highest BCUT2D eigenvalue weighted by atomic mass is 14.2. The van der Waals surface area contributed by atoms with Crippen LogP contribution in [0.15, 0.2) is 158 Å². The molecule has 0 aliphatic carbocycles. The summed E-state index contributed by atoms with van der Waals surface area (Å²) in [6, 6.07) is 58.9. The van der Waals surface area contributed by atoms with Crippen LogP contribution in [-0.4, -0.2) is 0 Å². The van der Waals surface area contributed by atoms with Crippen molar-refractivity contribution in [2.45, 2.75) is 27.7 Å². The molecule has 0 amide bonds. The van der Waals surface area contributed by atoms with E-state index in [1.807, 2.05) is 0 Å². The van der Waals surface area contributed by atoms with Gasteiger partial charge in [-0.2, -0.15) is 0 Å². The monoisotopic (exact) mass is 638 g/mol. The summed E-state index contributed by atoms with van der Waals surface area (Å²) in [5.41, 5.74) is 15.4. The maximum atomic E-state index is 2.43. The van der Waals surface area contributed by atoms with Gasteiger partial charge in [-0.15, -0.1) is 0 Å². The van der Waals surface area contributed by atoms with Gasteiger partial charge in [0.15, 0.2) is 0 Å². The molecule has 0 saturated heterocycles. The van der Waals surface area contributed by atoms with Gasteiger partial charge in [0.25, 0.3) is 0 Å². The third-order valence-corrected chi connectivity index (χ3v) is 10.7. The second-order valence-corrected chi connectivity index (χ2v) is 14.0. The fraction of sp³-hybridized carbons (Fsp3) is 0.0800. The first-order valence-electron chi connectivity index (χ1n) is 17.6. The van der Waals surface area contributed by atoms with Crippen molar-refractivity contribution in [1.82, 2.24) is 0 Å². The molecular formula is C50H38. The quantitative estimate of drug-likeness (QED) is 0.168. The Hall–Kier alpha value is -5.98. The Morgan fingerprint density at radius 3 is 1.02 bits per heavy atom. The van der Waals surface area contributed by atoms with E-state index in [1.165, 1.54) is 110 Å². The Balaban J connectivity index is 1.31. The summed E-state index contributed by atoms with van der Waals surface area (Å²) in [5.74, 6) is 0. The first-order chi connectivity index (χ1) is 24.4. The lowest BCUT2D eigenvalue weighted by atomic mass is 9.85. The van der Waals surface area contributed by atoms with Crippen molar-refractivity contribution in [3.8, 4) is 44.5 Å². The molecule has 0 heterocycles. The molecule has 0 fully saturated rings. The van der Waals surface area contributed by atoms with Crippen LogP contribution in [0.25, 0.3) is 87.6 Å². The minimum Gasteiger partial charge on any atom is -0.0620 e. The fourth-order valence-corrected chi connectivity index (χ4v) is 8.07. The van der Waals surface area contributed by atoms with Crippen molar-refractivity contribution < 1.29 is 0 Å². The topological polar surface area (TPSA) is 0 Å². The van der Waals surface area contributed by atoms with Gasteiger partial charge < -0.3 is 0 Å². The molecule has 0 atom stereocenters. The molecule has 0 heteroatoms. The van der Waals surface area contributed by atoms with Gasteiger partial charge in [-0.25, -0.2) is 0 Å². The SMILES string of the molecule is Cc1ccccc1-c1cc2cc3cc4cc5ccc(-c6ccccc6C)c(-c6ccccc6C)c5cc4cc3cc2cc1-c1ccccc1C. The van der Waals surface area contributed by atoms with Crippen molar-refractivity contribution in [1.29, 1.82) is 0 Å². The van der Waals surface area contributed by atoms with Crippen molar-refractivity contribution >= 4 is 43.1 Å². The van der Waals surface area contributed by atoms with Crippen LogP contribution in [-0.2, 0) is 0 Å². The molecule has 0 spiro atoms. The Morgan fingerprint density at radius 2 is 0.580 bits per heavy atom. The molecule has 0 saturated carbocycles. The average molecular weight is 639 g/mol. The Labute approximate surface area is 294 Å². The molecule has 9 aromatic rings. The Morgan fingerprint density at radius 1 is 0.240 bits per heavy atom. The van der Waals surface area contributed by atoms with Crippen LogP contribution >= 0.6 is 0 Å². The standard InChI is InChI=1S/C50H38/c1-31-13-5-9-17-42(31)46-22-21-35-23-36-24-37-26-40-29-48(43-18-10-6-14-32(43)2)49(44-19-11-7-15-33(44)3)30-41(40)27-38(37)25-39(36)28-47(35)50(46)45-20-12-8-16-34(45)4/h5-30H,1-4H3. The van der Waals surface area contributed by atoms with Gasteiger partial charge in [0.2, 0.25) is 0 Å². The molecule has 50 heavy (non-hydrogen) atoms. The van der Waals surface area contributed by atoms with Gasteiger partial charge in [-0.1, -0.05) is 109 Å². The van der Waals surface area contributed by atoms with Crippen molar-refractivity contribution in [3.05, 3.63) is 180 Å². The molecule has 0 N–H and O–H groups in total. The van der Waals surface area contributed by atoms with E-state index in [9.17, 15) is 0 Å². The number of hydrogen-bond donors (Lipinski definition) is 0. The number of aryl methyl sites for hydroxylation is 4. The predicted octanol–water partition coefficient (Wildman–Crippen LogP) is 14.2. The van der Waals surface area contributed by atoms with Crippen LogP contribution in [0.3, 0.4) is 0 Å². The van der Waals surface area contributed by atoms with E-state index in [0.717, 1.165) is 0 Å². The summed E-state index contributed by atoms with van der Waals surface area (Å²) in [5, 5.41) is 10.1. The molecule has 238 valence electrons. The minimum absolute atomic E-state index is 1.26. The molecule has 0 radical (unpaired) electrons. The number of hydrogen-bond acceptors (Lipinski definition) is 0. The van der Waals surface area contributed by atoms with E-state index in [4.69, 9.17) is 0 Å². The second-order valence-electron chi connectivity index (χ2n) is 14.0. The Kier molecular flexibility index (Phi) is 7.14. The van der Waals surface area contributed by atoms with E-state index in [1.54, 1.807) is 0 Å². The lowest BCUT2D eigenvalue weighted by molar-refractivity contribution is 1.44. The van der Waals surface area contributed by atoms with Gasteiger partial charge in [0.1, 0.15) is 0 Å². The smallest absolute Gasteiger partial charge is 0.00238 e. The van der Waals surface area contributed by atoms with E-state index >= 15 is 0 Å².